The Hall–Kier alpha value is -1.81. The van der Waals surface area contributed by atoms with Gasteiger partial charge in [-0.1, -0.05) is 11.8 Å². The lowest BCUT2D eigenvalue weighted by Gasteiger charge is -2.20. The molecule has 1 amide bonds. The summed E-state index contributed by atoms with van der Waals surface area (Å²) < 4.78 is 0. The predicted octanol–water partition coefficient (Wildman–Crippen LogP) is 0.985. The van der Waals surface area contributed by atoms with Crippen LogP contribution >= 0.6 is 11.8 Å². The Balaban J connectivity index is 2.21. The molecule has 1 unspecified atom stereocenters. The Labute approximate surface area is 122 Å². The lowest BCUT2D eigenvalue weighted by atomic mass is 10.1. The van der Waals surface area contributed by atoms with E-state index in [1.807, 2.05) is 11.2 Å². The number of carbonyl (C=O) groups is 1. The van der Waals surface area contributed by atoms with Gasteiger partial charge in [0.2, 0.25) is 5.91 Å². The minimum Gasteiger partial charge on any atom is -0.355 e. The molecule has 1 aromatic rings. The highest BCUT2D eigenvalue weighted by atomic mass is 32.2. The standard InChI is InChI=1S/C13H17N5OS/c1-17(2)12(19)9-4-5-18(8-9)11-10(6-14)7-15-13(16-11)20-3/h7,9H,4-5,8H2,1-3H3. The predicted molar refractivity (Wildman–Crippen MR) is 77.5 cm³/mol. The van der Waals surface area contributed by atoms with Gasteiger partial charge in [0.1, 0.15) is 11.6 Å². The van der Waals surface area contributed by atoms with E-state index in [1.54, 1.807) is 25.2 Å². The molecule has 0 spiro atoms. The summed E-state index contributed by atoms with van der Waals surface area (Å²) in [6, 6.07) is 2.12. The average molecular weight is 291 g/mol. The number of anilines is 1. The zero-order valence-electron chi connectivity index (χ0n) is 11.8. The van der Waals surface area contributed by atoms with Crippen LogP contribution in [0.2, 0.25) is 0 Å². The molecule has 20 heavy (non-hydrogen) atoms. The highest BCUT2D eigenvalue weighted by Gasteiger charge is 2.31. The second-order valence-electron chi connectivity index (χ2n) is 4.87. The topological polar surface area (TPSA) is 73.1 Å². The highest BCUT2D eigenvalue weighted by molar-refractivity contribution is 7.98. The van der Waals surface area contributed by atoms with E-state index in [-0.39, 0.29) is 11.8 Å². The second-order valence-corrected chi connectivity index (χ2v) is 5.64. The molecule has 0 bridgehead atoms. The van der Waals surface area contributed by atoms with Crippen LogP contribution in [0, 0.1) is 17.2 Å². The minimum atomic E-state index is -0.0239. The van der Waals surface area contributed by atoms with Gasteiger partial charge in [-0.25, -0.2) is 9.97 Å². The third-order valence-electron chi connectivity index (χ3n) is 3.33. The van der Waals surface area contributed by atoms with E-state index in [0.29, 0.717) is 23.1 Å². The lowest BCUT2D eigenvalue weighted by Crippen LogP contribution is -2.32. The first kappa shape index (κ1) is 14.6. The van der Waals surface area contributed by atoms with Gasteiger partial charge in [-0.15, -0.1) is 0 Å². The molecule has 1 atom stereocenters. The average Bonchev–Trinajstić information content (AvgIpc) is 2.95. The molecule has 1 fully saturated rings. The van der Waals surface area contributed by atoms with Gasteiger partial charge in [-0.3, -0.25) is 4.79 Å². The van der Waals surface area contributed by atoms with Crippen LogP contribution in [0.5, 0.6) is 0 Å². The van der Waals surface area contributed by atoms with Crippen molar-refractivity contribution in [2.75, 3.05) is 38.3 Å². The molecular weight excluding hydrogens is 274 g/mol. The number of nitrogens with zero attached hydrogens (tertiary/aromatic N) is 5. The van der Waals surface area contributed by atoms with Crippen LogP contribution in [0.1, 0.15) is 12.0 Å². The van der Waals surface area contributed by atoms with Crippen molar-refractivity contribution in [1.29, 1.82) is 5.26 Å². The zero-order chi connectivity index (χ0) is 14.7. The fourth-order valence-corrected chi connectivity index (χ4v) is 2.63. The number of carbonyl (C=O) groups excluding carboxylic acids is 1. The molecule has 106 valence electrons. The van der Waals surface area contributed by atoms with Crippen LogP contribution in [-0.4, -0.2) is 54.2 Å². The van der Waals surface area contributed by atoms with Gasteiger partial charge < -0.3 is 9.80 Å². The SMILES string of the molecule is CSc1ncc(C#N)c(N2CCC(C(=O)N(C)C)C2)n1. The van der Waals surface area contributed by atoms with Crippen LogP contribution in [0.15, 0.2) is 11.4 Å². The van der Waals surface area contributed by atoms with Gasteiger partial charge in [0.15, 0.2) is 11.0 Å². The van der Waals surface area contributed by atoms with Crippen LogP contribution < -0.4 is 4.90 Å². The minimum absolute atomic E-state index is 0.0239. The largest absolute Gasteiger partial charge is 0.355 e. The first-order chi connectivity index (χ1) is 9.56. The number of thioether (sulfide) groups is 1. The number of hydrogen-bond donors (Lipinski definition) is 0. The van der Waals surface area contributed by atoms with Crippen LogP contribution in [0.25, 0.3) is 0 Å². The summed E-state index contributed by atoms with van der Waals surface area (Å²) in [5.74, 6) is 0.746. The molecule has 6 nitrogen and oxygen atoms in total. The van der Waals surface area contributed by atoms with Gasteiger partial charge >= 0.3 is 0 Å². The Kier molecular flexibility index (Phi) is 4.45. The summed E-state index contributed by atoms with van der Waals surface area (Å²) in [6.45, 7) is 1.35. The number of nitriles is 1. The third-order valence-corrected chi connectivity index (χ3v) is 3.89. The Morgan fingerprint density at radius 1 is 1.60 bits per heavy atom. The number of hydrogen-bond acceptors (Lipinski definition) is 6. The molecule has 0 saturated carbocycles. The van der Waals surface area contributed by atoms with Gasteiger partial charge in [-0.2, -0.15) is 5.26 Å². The molecule has 2 heterocycles. The second kappa shape index (κ2) is 6.09. The molecule has 0 radical (unpaired) electrons. The molecule has 2 rings (SSSR count). The Morgan fingerprint density at radius 2 is 2.35 bits per heavy atom. The van der Waals surface area contributed by atoms with Crippen molar-refractivity contribution >= 4 is 23.5 Å². The van der Waals surface area contributed by atoms with E-state index < -0.39 is 0 Å². The van der Waals surface area contributed by atoms with Crippen molar-refractivity contribution in [3.05, 3.63) is 11.8 Å². The number of amides is 1. The van der Waals surface area contributed by atoms with Crippen molar-refractivity contribution in [3.63, 3.8) is 0 Å². The maximum Gasteiger partial charge on any atom is 0.227 e. The quantitative estimate of drug-likeness (QED) is 0.610. The molecule has 1 aliphatic heterocycles. The Bertz CT molecular complexity index is 554. The molecule has 0 aromatic carbocycles. The third kappa shape index (κ3) is 2.85. The van der Waals surface area contributed by atoms with Crippen LogP contribution in [0.3, 0.4) is 0 Å². The van der Waals surface area contributed by atoms with Crippen molar-refractivity contribution < 1.29 is 4.79 Å². The van der Waals surface area contributed by atoms with Crippen molar-refractivity contribution in [2.24, 2.45) is 5.92 Å². The summed E-state index contributed by atoms with van der Waals surface area (Å²) in [5.41, 5.74) is 0.459. The summed E-state index contributed by atoms with van der Waals surface area (Å²) >= 11 is 1.44. The van der Waals surface area contributed by atoms with Crippen LogP contribution in [-0.2, 0) is 4.79 Å². The number of aromatic nitrogens is 2. The summed E-state index contributed by atoms with van der Waals surface area (Å²) in [6.07, 6.45) is 4.24. The molecule has 7 heteroatoms. The molecule has 0 N–H and O–H groups in total. The molecular formula is C13H17N5OS. The van der Waals surface area contributed by atoms with Crippen molar-refractivity contribution in [2.45, 2.75) is 11.6 Å². The van der Waals surface area contributed by atoms with E-state index in [0.717, 1.165) is 13.0 Å². The van der Waals surface area contributed by atoms with Gasteiger partial charge in [0.25, 0.3) is 0 Å². The van der Waals surface area contributed by atoms with E-state index in [2.05, 4.69) is 16.0 Å². The monoisotopic (exact) mass is 291 g/mol. The first-order valence-corrected chi connectivity index (χ1v) is 7.56. The van der Waals surface area contributed by atoms with Gasteiger partial charge in [0.05, 0.1) is 12.1 Å². The highest BCUT2D eigenvalue weighted by Crippen LogP contribution is 2.26. The molecule has 1 aromatic heterocycles. The van der Waals surface area contributed by atoms with Crippen molar-refractivity contribution in [1.82, 2.24) is 14.9 Å². The van der Waals surface area contributed by atoms with Crippen molar-refractivity contribution in [3.8, 4) is 6.07 Å². The molecule has 0 aliphatic carbocycles. The number of rotatable bonds is 3. The zero-order valence-corrected chi connectivity index (χ0v) is 12.6. The normalized spacial score (nSPS) is 17.9. The summed E-state index contributed by atoms with van der Waals surface area (Å²) in [4.78, 5) is 24.1. The fraction of sp³-hybridized carbons (Fsp3) is 0.538. The van der Waals surface area contributed by atoms with Gasteiger partial charge in [-0.05, 0) is 12.7 Å². The first-order valence-electron chi connectivity index (χ1n) is 6.34. The van der Waals surface area contributed by atoms with Crippen LogP contribution in [0.4, 0.5) is 5.82 Å². The molecule has 1 aliphatic rings. The fourth-order valence-electron chi connectivity index (χ4n) is 2.29. The van der Waals surface area contributed by atoms with E-state index in [9.17, 15) is 4.79 Å². The smallest absolute Gasteiger partial charge is 0.227 e. The lowest BCUT2D eigenvalue weighted by molar-refractivity contribution is -0.132. The Morgan fingerprint density at radius 3 is 2.95 bits per heavy atom. The maximum atomic E-state index is 12.0. The summed E-state index contributed by atoms with van der Waals surface area (Å²) in [5, 5.41) is 9.81. The maximum absolute atomic E-state index is 12.0. The van der Waals surface area contributed by atoms with Gasteiger partial charge in [0, 0.05) is 27.2 Å². The van der Waals surface area contributed by atoms with E-state index in [4.69, 9.17) is 5.26 Å². The molecule has 1 saturated heterocycles. The summed E-state index contributed by atoms with van der Waals surface area (Å²) in [7, 11) is 3.53. The van der Waals surface area contributed by atoms with E-state index >= 15 is 0 Å². The van der Waals surface area contributed by atoms with E-state index in [1.165, 1.54) is 11.8 Å².